The molecule has 1 aliphatic carbocycles. The number of hydrogen-bond acceptors (Lipinski definition) is 2. The van der Waals surface area contributed by atoms with Crippen molar-refractivity contribution in [1.29, 1.82) is 0 Å². The highest BCUT2D eigenvalue weighted by Crippen LogP contribution is 2.48. The molecule has 0 aromatic heterocycles. The number of methoxy groups -OCH3 is 1. The molecule has 20 heavy (non-hydrogen) atoms. The first-order valence-electron chi connectivity index (χ1n) is 5.77. The Morgan fingerprint density at radius 1 is 1.40 bits per heavy atom. The topological polar surface area (TPSA) is 33.3 Å². The highest BCUT2D eigenvalue weighted by Gasteiger charge is 2.63. The fourth-order valence-corrected chi connectivity index (χ4v) is 2.22. The molecule has 8 heteroatoms. The van der Waals surface area contributed by atoms with Gasteiger partial charge in [0, 0.05) is 6.07 Å². The van der Waals surface area contributed by atoms with Gasteiger partial charge < -0.3 is 15.4 Å². The van der Waals surface area contributed by atoms with Crippen molar-refractivity contribution in [3.8, 4) is 5.75 Å². The van der Waals surface area contributed by atoms with E-state index < -0.39 is 11.7 Å². The van der Waals surface area contributed by atoms with Gasteiger partial charge in [-0.1, -0.05) is 11.6 Å². The molecule has 1 aliphatic rings. The van der Waals surface area contributed by atoms with E-state index in [0.29, 0.717) is 16.5 Å². The van der Waals surface area contributed by atoms with Crippen LogP contribution in [0.3, 0.4) is 0 Å². The third-order valence-electron chi connectivity index (χ3n) is 3.07. The normalized spacial score (nSPS) is 16.4. The summed E-state index contributed by atoms with van der Waals surface area (Å²) in [5.74, 6) is 0.549. The maximum atomic E-state index is 12.8. The Morgan fingerprint density at radius 2 is 2.05 bits per heavy atom. The predicted molar refractivity (Wildman–Crippen MR) is 75.4 cm³/mol. The molecule has 0 aliphatic heterocycles. The van der Waals surface area contributed by atoms with Crippen molar-refractivity contribution >= 4 is 34.6 Å². The minimum atomic E-state index is -4.32. The molecule has 0 radical (unpaired) electrons. The SMILES string of the molecule is COc1ccc(NC(=S)NC2(C(F)(F)F)CC2)c(Cl)c1. The molecular formula is C12H12ClF3N2OS. The Bertz CT molecular complexity index is 532. The summed E-state index contributed by atoms with van der Waals surface area (Å²) in [6.45, 7) is 0. The van der Waals surface area contributed by atoms with Crippen LogP contribution in [-0.4, -0.2) is 23.9 Å². The van der Waals surface area contributed by atoms with E-state index in [-0.39, 0.29) is 18.0 Å². The summed E-state index contributed by atoms with van der Waals surface area (Å²) >= 11 is 10.9. The molecular weight excluding hydrogens is 313 g/mol. The summed E-state index contributed by atoms with van der Waals surface area (Å²) in [6.07, 6.45) is -4.27. The summed E-state index contributed by atoms with van der Waals surface area (Å²) in [5, 5.41) is 5.19. The molecule has 1 saturated carbocycles. The quantitative estimate of drug-likeness (QED) is 0.830. The summed E-state index contributed by atoms with van der Waals surface area (Å²) < 4.78 is 43.3. The van der Waals surface area contributed by atoms with Gasteiger partial charge in [-0.15, -0.1) is 0 Å². The zero-order valence-electron chi connectivity index (χ0n) is 10.5. The smallest absolute Gasteiger partial charge is 0.411 e. The third-order valence-corrected chi connectivity index (χ3v) is 3.59. The molecule has 3 nitrogen and oxygen atoms in total. The number of hydrogen-bond donors (Lipinski definition) is 2. The van der Waals surface area contributed by atoms with Crippen molar-refractivity contribution in [2.45, 2.75) is 24.6 Å². The van der Waals surface area contributed by atoms with Crippen LogP contribution in [0, 0.1) is 0 Å². The van der Waals surface area contributed by atoms with E-state index in [2.05, 4.69) is 10.6 Å². The van der Waals surface area contributed by atoms with Crippen LogP contribution < -0.4 is 15.4 Å². The van der Waals surface area contributed by atoms with Crippen molar-refractivity contribution in [2.75, 3.05) is 12.4 Å². The maximum absolute atomic E-state index is 12.8. The molecule has 0 atom stereocenters. The molecule has 110 valence electrons. The Kier molecular flexibility index (Phi) is 4.02. The third kappa shape index (κ3) is 3.09. The van der Waals surface area contributed by atoms with Crippen molar-refractivity contribution in [1.82, 2.24) is 5.32 Å². The minimum Gasteiger partial charge on any atom is -0.497 e. The average Bonchev–Trinajstić information content (AvgIpc) is 3.12. The van der Waals surface area contributed by atoms with Gasteiger partial charge in [0.05, 0.1) is 17.8 Å². The average molecular weight is 325 g/mol. The number of halogens is 4. The highest BCUT2D eigenvalue weighted by atomic mass is 35.5. The van der Waals surface area contributed by atoms with E-state index in [9.17, 15) is 13.2 Å². The summed E-state index contributed by atoms with van der Waals surface area (Å²) in [6, 6.07) is 4.76. The lowest BCUT2D eigenvalue weighted by Gasteiger charge is -2.23. The van der Waals surface area contributed by atoms with Crippen molar-refractivity contribution in [3.63, 3.8) is 0 Å². The van der Waals surface area contributed by atoms with Crippen LogP contribution in [0.2, 0.25) is 5.02 Å². The van der Waals surface area contributed by atoms with Crippen LogP contribution in [0.15, 0.2) is 18.2 Å². The number of benzene rings is 1. The molecule has 0 saturated heterocycles. The lowest BCUT2D eigenvalue weighted by atomic mass is 10.2. The molecule has 0 spiro atoms. The molecule has 0 bridgehead atoms. The zero-order chi connectivity index (χ0) is 15.0. The monoisotopic (exact) mass is 324 g/mol. The number of ether oxygens (including phenoxy) is 1. The number of nitrogens with one attached hydrogen (secondary N) is 2. The number of rotatable bonds is 3. The molecule has 0 amide bonds. The van der Waals surface area contributed by atoms with E-state index >= 15 is 0 Å². The summed E-state index contributed by atoms with van der Waals surface area (Å²) in [4.78, 5) is 0. The van der Waals surface area contributed by atoms with Gasteiger partial charge in [-0.2, -0.15) is 13.2 Å². The van der Waals surface area contributed by atoms with Crippen molar-refractivity contribution < 1.29 is 17.9 Å². The van der Waals surface area contributed by atoms with E-state index in [1.807, 2.05) is 0 Å². The lowest BCUT2D eigenvalue weighted by molar-refractivity contribution is -0.161. The van der Waals surface area contributed by atoms with Crippen LogP contribution >= 0.6 is 23.8 Å². The summed E-state index contributed by atoms with van der Waals surface area (Å²) in [5.41, 5.74) is -1.47. The molecule has 1 fully saturated rings. The van der Waals surface area contributed by atoms with Crippen LogP contribution in [-0.2, 0) is 0 Å². The van der Waals surface area contributed by atoms with E-state index in [1.54, 1.807) is 18.2 Å². The van der Waals surface area contributed by atoms with Crippen molar-refractivity contribution in [2.24, 2.45) is 0 Å². The van der Waals surface area contributed by atoms with Gasteiger partial charge >= 0.3 is 6.18 Å². The number of anilines is 1. The lowest BCUT2D eigenvalue weighted by Crippen LogP contribution is -2.49. The Hall–Kier alpha value is -1.21. The first-order valence-corrected chi connectivity index (χ1v) is 6.55. The van der Waals surface area contributed by atoms with E-state index in [4.69, 9.17) is 28.6 Å². The predicted octanol–water partition coefficient (Wildman–Crippen LogP) is 3.73. The fourth-order valence-electron chi connectivity index (χ4n) is 1.70. The van der Waals surface area contributed by atoms with Gasteiger partial charge in [0.2, 0.25) is 0 Å². The van der Waals surface area contributed by atoms with Gasteiger partial charge in [-0.25, -0.2) is 0 Å². The van der Waals surface area contributed by atoms with Crippen LogP contribution in [0.5, 0.6) is 5.75 Å². The molecule has 0 heterocycles. The fraction of sp³-hybridized carbons (Fsp3) is 0.417. The minimum absolute atomic E-state index is 0.0225. The Balaban J connectivity index is 2.02. The van der Waals surface area contributed by atoms with E-state index in [0.717, 1.165) is 0 Å². The Labute approximate surface area is 124 Å². The van der Waals surface area contributed by atoms with Gasteiger partial charge in [0.1, 0.15) is 11.3 Å². The second kappa shape index (κ2) is 5.29. The first kappa shape index (κ1) is 15.2. The number of thiocarbonyl (C=S) groups is 1. The second-order valence-electron chi connectivity index (χ2n) is 4.50. The summed E-state index contributed by atoms with van der Waals surface area (Å²) in [7, 11) is 1.49. The van der Waals surface area contributed by atoms with Gasteiger partial charge in [0.15, 0.2) is 5.11 Å². The van der Waals surface area contributed by atoms with Crippen molar-refractivity contribution in [3.05, 3.63) is 23.2 Å². The Morgan fingerprint density at radius 3 is 2.50 bits per heavy atom. The first-order chi connectivity index (χ1) is 9.27. The van der Waals surface area contributed by atoms with Crippen LogP contribution in [0.25, 0.3) is 0 Å². The van der Waals surface area contributed by atoms with Crippen LogP contribution in [0.4, 0.5) is 18.9 Å². The molecule has 1 aromatic rings. The van der Waals surface area contributed by atoms with Gasteiger partial charge in [0.25, 0.3) is 0 Å². The standard InChI is InChI=1S/C12H12ClF3N2OS/c1-19-7-2-3-9(8(13)6-7)17-10(20)18-11(4-5-11)12(14,15)16/h2-3,6H,4-5H2,1H3,(H2,17,18,20). The maximum Gasteiger partial charge on any atom is 0.411 e. The van der Waals surface area contributed by atoms with E-state index in [1.165, 1.54) is 7.11 Å². The molecule has 1 aromatic carbocycles. The highest BCUT2D eigenvalue weighted by molar-refractivity contribution is 7.80. The zero-order valence-corrected chi connectivity index (χ0v) is 12.0. The molecule has 2 N–H and O–H groups in total. The van der Waals surface area contributed by atoms with Gasteiger partial charge in [-0.3, -0.25) is 0 Å². The molecule has 0 unspecified atom stereocenters. The molecule has 2 rings (SSSR count). The van der Waals surface area contributed by atoms with Crippen LogP contribution in [0.1, 0.15) is 12.8 Å². The number of alkyl halides is 3. The largest absolute Gasteiger partial charge is 0.497 e. The second-order valence-corrected chi connectivity index (χ2v) is 5.32. The van der Waals surface area contributed by atoms with Gasteiger partial charge in [-0.05, 0) is 37.2 Å².